The van der Waals surface area contributed by atoms with Gasteiger partial charge in [0.25, 0.3) is 0 Å². The molecule has 1 N–H and O–H groups in total. The number of halogens is 1. The summed E-state index contributed by atoms with van der Waals surface area (Å²) < 4.78 is 15.8. The number of anilines is 1. The zero-order valence-electron chi connectivity index (χ0n) is 17.4. The van der Waals surface area contributed by atoms with Crippen LogP contribution in [0, 0.1) is 5.82 Å². The van der Waals surface area contributed by atoms with Crippen molar-refractivity contribution in [3.05, 3.63) is 59.9 Å². The molecule has 8 nitrogen and oxygen atoms in total. The molecule has 0 saturated carbocycles. The smallest absolute Gasteiger partial charge is 0.216 e. The van der Waals surface area contributed by atoms with E-state index in [1.807, 2.05) is 30.3 Å². The van der Waals surface area contributed by atoms with Gasteiger partial charge in [-0.15, -0.1) is 0 Å². The lowest BCUT2D eigenvalue weighted by atomic mass is 10.1. The number of aliphatic imine (C=N–C) groups is 1. The van der Waals surface area contributed by atoms with E-state index in [1.54, 1.807) is 0 Å². The fraction of sp³-hybridized carbons (Fsp3) is 0.364. The Balaban J connectivity index is 1.41. The van der Waals surface area contributed by atoms with Crippen LogP contribution in [-0.2, 0) is 0 Å². The molecule has 0 amide bonds. The first-order chi connectivity index (χ1) is 15.2. The molecule has 0 aliphatic carbocycles. The largest absolute Gasteiger partial charge is 0.331 e. The molecule has 3 aromatic rings. The Hall–Kier alpha value is -3.01. The third kappa shape index (κ3) is 3.16. The van der Waals surface area contributed by atoms with Crippen molar-refractivity contribution in [2.24, 2.45) is 4.99 Å². The molecule has 1 atom stereocenters. The van der Waals surface area contributed by atoms with Gasteiger partial charge >= 0.3 is 0 Å². The number of likely N-dealkylation sites (N-methyl/N-ethyl adjacent to an activating group) is 1. The summed E-state index contributed by atoms with van der Waals surface area (Å²) in [7, 11) is 2.16. The van der Waals surface area contributed by atoms with Crippen molar-refractivity contribution in [2.75, 3.05) is 51.5 Å². The number of fused-ring (bicyclic) bond motifs is 5. The molecule has 3 aliphatic rings. The lowest BCUT2D eigenvalue weighted by molar-refractivity contribution is -0.0528. The van der Waals surface area contributed by atoms with Crippen LogP contribution in [0.2, 0.25) is 0 Å². The molecule has 0 spiro atoms. The molecule has 6 rings (SSSR count). The van der Waals surface area contributed by atoms with Gasteiger partial charge in [0.05, 0.1) is 17.7 Å². The highest BCUT2D eigenvalue weighted by Crippen LogP contribution is 2.34. The van der Waals surface area contributed by atoms with Gasteiger partial charge in [-0.25, -0.2) is 24.4 Å². The van der Waals surface area contributed by atoms with Gasteiger partial charge in [0.2, 0.25) is 11.9 Å². The number of hydrazine groups is 1. The van der Waals surface area contributed by atoms with Crippen molar-refractivity contribution < 1.29 is 4.39 Å². The third-order valence-electron chi connectivity index (χ3n) is 6.35. The van der Waals surface area contributed by atoms with E-state index in [1.165, 1.54) is 12.1 Å². The van der Waals surface area contributed by atoms with E-state index < -0.39 is 0 Å². The van der Waals surface area contributed by atoms with E-state index in [0.717, 1.165) is 54.7 Å². The molecular formula is C22H25FN8. The van der Waals surface area contributed by atoms with Crippen LogP contribution in [0.4, 0.5) is 10.3 Å². The van der Waals surface area contributed by atoms with Crippen LogP contribution in [0.3, 0.4) is 0 Å². The standard InChI is InChI=1S/C22H25FN8/c1-27-10-12-28(13-11-27)29-14-24-21-26-20(16-6-8-17(23)9-7-16)31-19-5-3-2-4-18(19)25-22(31)30(21)15-29/h2-9,20H,10-15H2,1H3,(H,24,26). The molecule has 0 bridgehead atoms. The lowest BCUT2D eigenvalue weighted by Crippen LogP contribution is -2.62. The van der Waals surface area contributed by atoms with Crippen LogP contribution >= 0.6 is 0 Å². The van der Waals surface area contributed by atoms with Crippen molar-refractivity contribution in [1.29, 1.82) is 0 Å². The number of hydrogen-bond donors (Lipinski definition) is 1. The second kappa shape index (κ2) is 7.30. The molecule has 4 heterocycles. The molecule has 1 fully saturated rings. The number of aromatic nitrogens is 2. The molecule has 160 valence electrons. The van der Waals surface area contributed by atoms with E-state index in [0.29, 0.717) is 13.3 Å². The summed E-state index contributed by atoms with van der Waals surface area (Å²) in [6, 6.07) is 14.8. The summed E-state index contributed by atoms with van der Waals surface area (Å²) in [5, 5.41) is 8.26. The maximum Gasteiger partial charge on any atom is 0.216 e. The van der Waals surface area contributed by atoms with E-state index in [4.69, 9.17) is 9.98 Å². The number of nitrogens with one attached hydrogen (secondary N) is 1. The summed E-state index contributed by atoms with van der Waals surface area (Å²) in [4.78, 5) is 14.3. The predicted octanol–water partition coefficient (Wildman–Crippen LogP) is 1.88. The van der Waals surface area contributed by atoms with Gasteiger partial charge in [-0.1, -0.05) is 24.3 Å². The highest BCUT2D eigenvalue weighted by Gasteiger charge is 2.37. The van der Waals surface area contributed by atoms with Gasteiger partial charge in [-0.05, 0) is 36.9 Å². The van der Waals surface area contributed by atoms with Crippen molar-refractivity contribution >= 4 is 22.9 Å². The van der Waals surface area contributed by atoms with Crippen LogP contribution in [0.5, 0.6) is 0 Å². The van der Waals surface area contributed by atoms with Gasteiger partial charge in [0, 0.05) is 26.2 Å². The summed E-state index contributed by atoms with van der Waals surface area (Å²) >= 11 is 0. The zero-order valence-corrected chi connectivity index (χ0v) is 17.4. The van der Waals surface area contributed by atoms with E-state index in [-0.39, 0.29) is 12.0 Å². The minimum absolute atomic E-state index is 0.201. The fourth-order valence-corrected chi connectivity index (χ4v) is 4.59. The molecule has 9 heteroatoms. The van der Waals surface area contributed by atoms with Crippen LogP contribution in [0.25, 0.3) is 11.0 Å². The Labute approximate surface area is 180 Å². The molecule has 3 aliphatic heterocycles. The van der Waals surface area contributed by atoms with E-state index in [2.05, 4.69) is 42.8 Å². The van der Waals surface area contributed by atoms with Gasteiger partial charge in [0.15, 0.2) is 0 Å². The number of nitrogens with zero attached hydrogens (tertiary/aromatic N) is 7. The van der Waals surface area contributed by atoms with Crippen molar-refractivity contribution in [3.8, 4) is 0 Å². The highest BCUT2D eigenvalue weighted by atomic mass is 19.1. The van der Waals surface area contributed by atoms with Crippen LogP contribution < -0.4 is 10.2 Å². The number of guanidine groups is 1. The first-order valence-electron chi connectivity index (χ1n) is 10.7. The molecule has 2 aromatic carbocycles. The Bertz CT molecular complexity index is 1130. The highest BCUT2D eigenvalue weighted by molar-refractivity contribution is 5.98. The number of piperazine rings is 1. The first-order valence-corrected chi connectivity index (χ1v) is 10.7. The Kier molecular flexibility index (Phi) is 4.41. The molecule has 1 aromatic heterocycles. The Morgan fingerprint density at radius 1 is 0.968 bits per heavy atom. The minimum atomic E-state index is -0.241. The van der Waals surface area contributed by atoms with Crippen LogP contribution in [-0.4, -0.2) is 77.0 Å². The number of imidazole rings is 1. The van der Waals surface area contributed by atoms with Gasteiger partial charge in [-0.2, -0.15) is 0 Å². The lowest BCUT2D eigenvalue weighted by Gasteiger charge is -2.46. The van der Waals surface area contributed by atoms with Crippen LogP contribution in [0.15, 0.2) is 53.5 Å². The summed E-state index contributed by atoms with van der Waals surface area (Å²) in [6.45, 7) is 5.40. The second-order valence-electron chi connectivity index (χ2n) is 8.32. The Morgan fingerprint density at radius 3 is 2.55 bits per heavy atom. The van der Waals surface area contributed by atoms with Gasteiger partial charge < -0.3 is 10.2 Å². The zero-order chi connectivity index (χ0) is 20.9. The topological polar surface area (TPSA) is 55.2 Å². The number of benzene rings is 2. The average molecular weight is 420 g/mol. The van der Waals surface area contributed by atoms with Gasteiger partial charge in [0.1, 0.15) is 18.7 Å². The van der Waals surface area contributed by atoms with Crippen molar-refractivity contribution in [2.45, 2.75) is 6.17 Å². The van der Waals surface area contributed by atoms with E-state index in [9.17, 15) is 4.39 Å². The molecular weight excluding hydrogens is 395 g/mol. The molecule has 31 heavy (non-hydrogen) atoms. The summed E-state index contributed by atoms with van der Waals surface area (Å²) in [5.41, 5.74) is 2.94. The van der Waals surface area contributed by atoms with E-state index >= 15 is 0 Å². The second-order valence-corrected chi connectivity index (χ2v) is 8.32. The average Bonchev–Trinajstić information content (AvgIpc) is 3.19. The third-order valence-corrected chi connectivity index (χ3v) is 6.35. The SMILES string of the molecule is CN1CCN(N2CN=C3NC(c4ccc(F)cc4)n4c(nc5ccccc54)N3C2)CC1. The maximum absolute atomic E-state index is 13.6. The van der Waals surface area contributed by atoms with Crippen molar-refractivity contribution in [3.63, 3.8) is 0 Å². The molecule has 1 unspecified atom stereocenters. The maximum atomic E-state index is 13.6. The first kappa shape index (κ1) is 18.7. The number of rotatable bonds is 2. The fourth-order valence-electron chi connectivity index (χ4n) is 4.59. The summed E-state index contributed by atoms with van der Waals surface area (Å²) in [5.74, 6) is 1.42. The van der Waals surface area contributed by atoms with Crippen molar-refractivity contribution in [1.82, 2.24) is 29.8 Å². The molecule has 0 radical (unpaired) electrons. The predicted molar refractivity (Wildman–Crippen MR) is 118 cm³/mol. The normalized spacial score (nSPS) is 22.7. The van der Waals surface area contributed by atoms with Gasteiger partial charge in [-0.3, -0.25) is 9.47 Å². The Morgan fingerprint density at radius 2 is 1.74 bits per heavy atom. The minimum Gasteiger partial charge on any atom is -0.331 e. The summed E-state index contributed by atoms with van der Waals surface area (Å²) in [6.07, 6.45) is -0.201. The molecule has 1 saturated heterocycles. The number of para-hydroxylation sites is 2. The quantitative estimate of drug-likeness (QED) is 0.683. The monoisotopic (exact) mass is 420 g/mol. The van der Waals surface area contributed by atoms with Crippen LogP contribution in [0.1, 0.15) is 11.7 Å². The number of hydrogen-bond acceptors (Lipinski definition) is 7.